The molecule has 0 aromatic heterocycles. The molecule has 146 valence electrons. The van der Waals surface area contributed by atoms with Crippen LogP contribution < -0.4 is 10.2 Å². The van der Waals surface area contributed by atoms with Crippen LogP contribution in [0.4, 0.5) is 14.5 Å². The number of likely N-dealkylation sites (tertiary alicyclic amines) is 1. The summed E-state index contributed by atoms with van der Waals surface area (Å²) in [6.07, 6.45) is 0.950. The zero-order valence-corrected chi connectivity index (χ0v) is 15.5. The van der Waals surface area contributed by atoms with Gasteiger partial charge in [0.05, 0.1) is 16.8 Å². The summed E-state index contributed by atoms with van der Waals surface area (Å²) >= 11 is 0. The molecule has 0 aliphatic carbocycles. The first kappa shape index (κ1) is 18.4. The second kappa shape index (κ2) is 6.89. The van der Waals surface area contributed by atoms with Gasteiger partial charge in [0.15, 0.2) is 0 Å². The molecule has 0 atom stereocenters. The summed E-state index contributed by atoms with van der Waals surface area (Å²) in [5, 5.41) is 3.07. The fourth-order valence-electron chi connectivity index (χ4n) is 4.25. The Morgan fingerprint density at radius 1 is 1.14 bits per heavy atom. The highest BCUT2D eigenvalue weighted by atomic mass is 19.1. The summed E-state index contributed by atoms with van der Waals surface area (Å²) in [7, 11) is 0. The molecular weight excluding hydrogens is 364 g/mol. The fourth-order valence-corrected chi connectivity index (χ4v) is 4.25. The lowest BCUT2D eigenvalue weighted by atomic mass is 9.89. The largest absolute Gasteiger partial charge is 0.348 e. The van der Waals surface area contributed by atoms with Gasteiger partial charge in [-0.1, -0.05) is 12.1 Å². The summed E-state index contributed by atoms with van der Waals surface area (Å²) < 4.78 is 27.8. The van der Waals surface area contributed by atoms with E-state index in [4.69, 9.17) is 0 Å². The highest BCUT2D eigenvalue weighted by Crippen LogP contribution is 2.37. The van der Waals surface area contributed by atoms with Gasteiger partial charge in [-0.3, -0.25) is 9.59 Å². The lowest BCUT2D eigenvalue weighted by molar-refractivity contribution is 0.0600. The van der Waals surface area contributed by atoms with Crippen LogP contribution in [-0.4, -0.2) is 42.0 Å². The third kappa shape index (κ3) is 2.91. The molecule has 1 fully saturated rings. The third-order valence-electron chi connectivity index (χ3n) is 5.66. The van der Waals surface area contributed by atoms with E-state index in [2.05, 4.69) is 5.32 Å². The smallest absolute Gasteiger partial charge is 0.256 e. The third-order valence-corrected chi connectivity index (χ3v) is 5.66. The molecule has 0 bridgehead atoms. The average molecular weight is 385 g/mol. The van der Waals surface area contributed by atoms with Crippen molar-refractivity contribution >= 4 is 17.5 Å². The Balaban J connectivity index is 1.59. The van der Waals surface area contributed by atoms with Gasteiger partial charge in [-0.2, -0.15) is 0 Å². The molecule has 7 heteroatoms. The first-order valence-electron chi connectivity index (χ1n) is 9.39. The summed E-state index contributed by atoms with van der Waals surface area (Å²) in [5.41, 5.74) is 0.378. The molecule has 1 spiro atoms. The van der Waals surface area contributed by atoms with E-state index in [1.807, 2.05) is 11.8 Å². The van der Waals surface area contributed by atoms with E-state index >= 15 is 0 Å². The van der Waals surface area contributed by atoms with Crippen LogP contribution in [0.1, 0.15) is 40.5 Å². The summed E-state index contributed by atoms with van der Waals surface area (Å²) in [6.45, 7) is 3.27. The highest BCUT2D eigenvalue weighted by molar-refractivity contribution is 6.02. The number of carbonyl (C=O) groups excluding carboxylic acids is 2. The quantitative estimate of drug-likeness (QED) is 0.864. The Kier molecular flexibility index (Phi) is 4.53. The number of fused-ring (bicyclic) bond motifs is 1. The van der Waals surface area contributed by atoms with Crippen molar-refractivity contribution in [1.29, 1.82) is 0 Å². The van der Waals surface area contributed by atoms with Gasteiger partial charge in [0.1, 0.15) is 17.3 Å². The number of rotatable bonds is 2. The number of hydrogen-bond donors (Lipinski definition) is 1. The SMILES string of the molecule is CCN1c2cc(F)ccc2C(=O)NC12CCN(C(=O)c1ccccc1F)CC2. The molecule has 2 aliphatic heterocycles. The zero-order chi connectivity index (χ0) is 19.9. The number of anilines is 1. The van der Waals surface area contributed by atoms with E-state index in [1.165, 1.54) is 30.3 Å². The van der Waals surface area contributed by atoms with Crippen LogP contribution in [0.25, 0.3) is 0 Å². The topological polar surface area (TPSA) is 52.7 Å². The maximum absolute atomic E-state index is 14.0. The van der Waals surface area contributed by atoms with Crippen LogP contribution in [0.3, 0.4) is 0 Å². The summed E-state index contributed by atoms with van der Waals surface area (Å²) in [4.78, 5) is 28.9. The van der Waals surface area contributed by atoms with Gasteiger partial charge in [-0.05, 0) is 37.3 Å². The standard InChI is InChI=1S/C21H21F2N3O2/c1-2-26-18-13-14(22)7-8-16(18)19(27)24-21(26)9-11-25(12-10-21)20(28)15-5-3-4-6-17(15)23/h3-8,13H,2,9-12H2,1H3,(H,24,27). The number of nitrogens with one attached hydrogen (secondary N) is 1. The average Bonchev–Trinajstić information content (AvgIpc) is 2.68. The highest BCUT2D eigenvalue weighted by Gasteiger charge is 2.46. The number of piperidine rings is 1. The minimum absolute atomic E-state index is 0.0471. The normalized spacial score (nSPS) is 18.0. The molecule has 0 saturated carbocycles. The predicted octanol–water partition coefficient (Wildman–Crippen LogP) is 3.17. The second-order valence-electron chi connectivity index (χ2n) is 7.16. The molecule has 5 nitrogen and oxygen atoms in total. The molecule has 2 aliphatic rings. The Labute approximate surface area is 161 Å². The molecule has 2 amide bonds. The van der Waals surface area contributed by atoms with Crippen molar-refractivity contribution in [3.05, 3.63) is 65.2 Å². The van der Waals surface area contributed by atoms with Crippen molar-refractivity contribution < 1.29 is 18.4 Å². The number of halogens is 2. The minimum atomic E-state index is -0.682. The van der Waals surface area contributed by atoms with Crippen molar-refractivity contribution in [2.75, 3.05) is 24.5 Å². The van der Waals surface area contributed by atoms with Crippen molar-refractivity contribution in [1.82, 2.24) is 10.2 Å². The number of hydrogen-bond acceptors (Lipinski definition) is 3. The van der Waals surface area contributed by atoms with E-state index < -0.39 is 17.3 Å². The lowest BCUT2D eigenvalue weighted by Gasteiger charge is -2.52. The molecule has 2 heterocycles. The number of carbonyl (C=O) groups is 2. The first-order chi connectivity index (χ1) is 13.4. The number of amides is 2. The minimum Gasteiger partial charge on any atom is -0.348 e. The summed E-state index contributed by atoms with van der Waals surface area (Å²) in [6, 6.07) is 10.1. The summed E-state index contributed by atoms with van der Waals surface area (Å²) in [5.74, 6) is -1.54. The van der Waals surface area contributed by atoms with E-state index in [0.717, 1.165) is 0 Å². The van der Waals surface area contributed by atoms with Gasteiger partial charge in [-0.25, -0.2) is 8.78 Å². The first-order valence-corrected chi connectivity index (χ1v) is 9.39. The van der Waals surface area contributed by atoms with Gasteiger partial charge in [-0.15, -0.1) is 0 Å². The van der Waals surface area contributed by atoms with Crippen LogP contribution in [0.2, 0.25) is 0 Å². The molecule has 2 aromatic carbocycles. The van der Waals surface area contributed by atoms with E-state index in [-0.39, 0.29) is 17.4 Å². The van der Waals surface area contributed by atoms with E-state index in [1.54, 1.807) is 17.0 Å². The van der Waals surface area contributed by atoms with Crippen molar-refractivity contribution in [2.45, 2.75) is 25.4 Å². The van der Waals surface area contributed by atoms with Crippen molar-refractivity contribution in [3.8, 4) is 0 Å². The van der Waals surface area contributed by atoms with Gasteiger partial charge in [0.2, 0.25) is 0 Å². The molecule has 1 N–H and O–H groups in total. The molecule has 0 unspecified atom stereocenters. The van der Waals surface area contributed by atoms with Crippen LogP contribution in [0.15, 0.2) is 42.5 Å². The Morgan fingerprint density at radius 3 is 2.54 bits per heavy atom. The van der Waals surface area contributed by atoms with Gasteiger partial charge in [0.25, 0.3) is 11.8 Å². The Hall–Kier alpha value is -2.96. The molecule has 4 rings (SSSR count). The molecule has 1 saturated heterocycles. The van der Waals surface area contributed by atoms with Crippen LogP contribution in [-0.2, 0) is 0 Å². The van der Waals surface area contributed by atoms with E-state index in [0.29, 0.717) is 43.7 Å². The van der Waals surface area contributed by atoms with Gasteiger partial charge in [0, 0.05) is 32.5 Å². The number of nitrogens with zero attached hydrogens (tertiary/aromatic N) is 2. The van der Waals surface area contributed by atoms with Crippen LogP contribution in [0, 0.1) is 11.6 Å². The van der Waals surface area contributed by atoms with Crippen molar-refractivity contribution in [2.24, 2.45) is 0 Å². The number of benzene rings is 2. The monoisotopic (exact) mass is 385 g/mol. The lowest BCUT2D eigenvalue weighted by Crippen LogP contribution is -2.68. The predicted molar refractivity (Wildman–Crippen MR) is 101 cm³/mol. The maximum Gasteiger partial charge on any atom is 0.256 e. The van der Waals surface area contributed by atoms with Gasteiger partial charge < -0.3 is 15.1 Å². The Bertz CT molecular complexity index is 939. The molecular formula is C21H21F2N3O2. The second-order valence-corrected chi connectivity index (χ2v) is 7.16. The maximum atomic E-state index is 14.0. The van der Waals surface area contributed by atoms with Crippen LogP contribution >= 0.6 is 0 Å². The van der Waals surface area contributed by atoms with Gasteiger partial charge >= 0.3 is 0 Å². The van der Waals surface area contributed by atoms with Crippen LogP contribution in [0.5, 0.6) is 0 Å². The zero-order valence-electron chi connectivity index (χ0n) is 15.5. The molecule has 0 radical (unpaired) electrons. The molecule has 2 aromatic rings. The van der Waals surface area contributed by atoms with Crippen molar-refractivity contribution in [3.63, 3.8) is 0 Å². The Morgan fingerprint density at radius 2 is 1.86 bits per heavy atom. The van der Waals surface area contributed by atoms with E-state index in [9.17, 15) is 18.4 Å². The molecule has 28 heavy (non-hydrogen) atoms. The fraction of sp³-hybridized carbons (Fsp3) is 0.333.